The van der Waals surface area contributed by atoms with Crippen LogP contribution in [-0.2, 0) is 0 Å². The van der Waals surface area contributed by atoms with Crippen LogP contribution in [-0.4, -0.2) is 23.2 Å². The van der Waals surface area contributed by atoms with E-state index in [2.05, 4.69) is 29.8 Å². The van der Waals surface area contributed by atoms with Gasteiger partial charge in [0.2, 0.25) is 0 Å². The third-order valence-corrected chi connectivity index (χ3v) is 3.73. The fraction of sp³-hybridized carbons (Fsp3) is 0.533. The average Bonchev–Trinajstić information content (AvgIpc) is 3.18. The molecule has 19 heavy (non-hydrogen) atoms. The molecule has 4 nitrogen and oxygen atoms in total. The zero-order valence-electron chi connectivity index (χ0n) is 11.8. The molecule has 1 heterocycles. The standard InChI is InChI=1S/C15H21N3O/c1-4-16-10(2)15-17-13-9-12(19-3)7-8-14(13)18(15)11-5-6-11/h7-11,16H,4-6H2,1-3H3. The molecule has 2 aromatic rings. The molecule has 1 atom stereocenters. The molecular formula is C15H21N3O. The van der Waals surface area contributed by atoms with Crippen molar-refractivity contribution >= 4 is 11.0 Å². The average molecular weight is 259 g/mol. The van der Waals surface area contributed by atoms with Gasteiger partial charge in [-0.05, 0) is 38.4 Å². The van der Waals surface area contributed by atoms with Gasteiger partial charge in [0.15, 0.2) is 0 Å². The van der Waals surface area contributed by atoms with Gasteiger partial charge < -0.3 is 14.6 Å². The van der Waals surface area contributed by atoms with E-state index in [1.165, 1.54) is 18.4 Å². The maximum Gasteiger partial charge on any atom is 0.127 e. The number of hydrogen-bond acceptors (Lipinski definition) is 3. The van der Waals surface area contributed by atoms with Crippen molar-refractivity contribution in [2.45, 2.75) is 38.8 Å². The van der Waals surface area contributed by atoms with Gasteiger partial charge in [0.05, 0.1) is 24.2 Å². The highest BCUT2D eigenvalue weighted by Crippen LogP contribution is 2.40. The van der Waals surface area contributed by atoms with Crippen molar-refractivity contribution in [3.8, 4) is 5.75 Å². The number of ether oxygens (including phenoxy) is 1. The highest BCUT2D eigenvalue weighted by Gasteiger charge is 2.29. The van der Waals surface area contributed by atoms with Crippen molar-refractivity contribution in [2.75, 3.05) is 13.7 Å². The van der Waals surface area contributed by atoms with Crippen LogP contribution in [0.25, 0.3) is 11.0 Å². The van der Waals surface area contributed by atoms with Gasteiger partial charge in [-0.1, -0.05) is 6.92 Å². The summed E-state index contributed by atoms with van der Waals surface area (Å²) in [5.41, 5.74) is 2.26. The van der Waals surface area contributed by atoms with Crippen molar-refractivity contribution in [2.24, 2.45) is 0 Å². The van der Waals surface area contributed by atoms with E-state index in [0.717, 1.165) is 23.6 Å². The van der Waals surface area contributed by atoms with E-state index in [9.17, 15) is 0 Å². The van der Waals surface area contributed by atoms with Crippen LogP contribution in [0.15, 0.2) is 18.2 Å². The minimum Gasteiger partial charge on any atom is -0.497 e. The zero-order chi connectivity index (χ0) is 13.4. The normalized spacial score (nSPS) is 16.8. The Morgan fingerprint density at radius 2 is 2.26 bits per heavy atom. The molecule has 0 aliphatic heterocycles. The fourth-order valence-electron chi connectivity index (χ4n) is 2.64. The van der Waals surface area contributed by atoms with Crippen molar-refractivity contribution in [3.05, 3.63) is 24.0 Å². The third-order valence-electron chi connectivity index (χ3n) is 3.73. The first-order valence-corrected chi connectivity index (χ1v) is 7.03. The number of fused-ring (bicyclic) bond motifs is 1. The van der Waals surface area contributed by atoms with Crippen LogP contribution in [0.1, 0.15) is 44.6 Å². The van der Waals surface area contributed by atoms with Crippen LogP contribution in [0.3, 0.4) is 0 Å². The second-order valence-corrected chi connectivity index (χ2v) is 5.21. The largest absolute Gasteiger partial charge is 0.497 e. The number of nitrogens with zero attached hydrogens (tertiary/aromatic N) is 2. The van der Waals surface area contributed by atoms with Gasteiger partial charge in [-0.2, -0.15) is 0 Å². The van der Waals surface area contributed by atoms with Crippen LogP contribution >= 0.6 is 0 Å². The first-order chi connectivity index (χ1) is 9.24. The van der Waals surface area contributed by atoms with Crippen molar-refractivity contribution in [3.63, 3.8) is 0 Å². The van der Waals surface area contributed by atoms with E-state index in [4.69, 9.17) is 9.72 Å². The first-order valence-electron chi connectivity index (χ1n) is 7.03. The summed E-state index contributed by atoms with van der Waals surface area (Å²) in [5.74, 6) is 2.02. The van der Waals surface area contributed by atoms with Crippen molar-refractivity contribution < 1.29 is 4.74 Å². The lowest BCUT2D eigenvalue weighted by Crippen LogP contribution is -2.21. The molecule has 102 valence electrons. The van der Waals surface area contributed by atoms with Gasteiger partial charge in [0.25, 0.3) is 0 Å². The Hall–Kier alpha value is -1.55. The monoisotopic (exact) mass is 259 g/mol. The first kappa shape index (κ1) is 12.5. The maximum absolute atomic E-state index is 5.29. The van der Waals surface area contributed by atoms with E-state index in [-0.39, 0.29) is 6.04 Å². The highest BCUT2D eigenvalue weighted by molar-refractivity contribution is 5.78. The van der Waals surface area contributed by atoms with Crippen LogP contribution in [0.5, 0.6) is 5.75 Å². The van der Waals surface area contributed by atoms with E-state index in [1.807, 2.05) is 12.1 Å². The maximum atomic E-state index is 5.29. The molecule has 0 amide bonds. The summed E-state index contributed by atoms with van der Waals surface area (Å²) in [7, 11) is 1.70. The van der Waals surface area contributed by atoms with Crippen LogP contribution in [0.4, 0.5) is 0 Å². The third kappa shape index (κ3) is 2.21. The van der Waals surface area contributed by atoms with E-state index in [0.29, 0.717) is 6.04 Å². The predicted molar refractivity (Wildman–Crippen MR) is 76.6 cm³/mol. The number of benzene rings is 1. The summed E-state index contributed by atoms with van der Waals surface area (Å²) < 4.78 is 7.70. The lowest BCUT2D eigenvalue weighted by Gasteiger charge is -2.14. The molecule has 1 aromatic heterocycles. The summed E-state index contributed by atoms with van der Waals surface area (Å²) in [5, 5.41) is 3.46. The molecule has 0 spiro atoms. The van der Waals surface area contributed by atoms with Crippen LogP contribution in [0, 0.1) is 0 Å². The second kappa shape index (κ2) is 4.85. The Labute approximate surface area is 113 Å². The van der Waals surface area contributed by atoms with Gasteiger partial charge in [0, 0.05) is 12.1 Å². The highest BCUT2D eigenvalue weighted by atomic mass is 16.5. The second-order valence-electron chi connectivity index (χ2n) is 5.21. The Balaban J connectivity index is 2.11. The molecule has 0 saturated heterocycles. The van der Waals surface area contributed by atoms with Gasteiger partial charge in [-0.15, -0.1) is 0 Å². The molecule has 1 aliphatic carbocycles. The summed E-state index contributed by atoms with van der Waals surface area (Å²) in [6.45, 7) is 5.27. The number of nitrogens with one attached hydrogen (secondary N) is 1. The molecular weight excluding hydrogens is 238 g/mol. The molecule has 0 bridgehead atoms. The molecule has 1 fully saturated rings. The Bertz CT molecular complexity index is 586. The summed E-state index contributed by atoms with van der Waals surface area (Å²) in [6, 6.07) is 7.08. The van der Waals surface area contributed by atoms with E-state index < -0.39 is 0 Å². The quantitative estimate of drug-likeness (QED) is 0.897. The van der Waals surface area contributed by atoms with Crippen molar-refractivity contribution in [1.29, 1.82) is 0 Å². The number of hydrogen-bond donors (Lipinski definition) is 1. The molecule has 1 unspecified atom stereocenters. The number of aromatic nitrogens is 2. The number of rotatable bonds is 5. The summed E-state index contributed by atoms with van der Waals surface area (Å²) >= 11 is 0. The van der Waals surface area contributed by atoms with E-state index >= 15 is 0 Å². The van der Waals surface area contributed by atoms with Gasteiger partial charge in [-0.25, -0.2) is 4.98 Å². The molecule has 4 heteroatoms. The van der Waals surface area contributed by atoms with Gasteiger partial charge in [-0.3, -0.25) is 0 Å². The lowest BCUT2D eigenvalue weighted by atomic mass is 10.3. The van der Waals surface area contributed by atoms with Crippen LogP contribution < -0.4 is 10.1 Å². The molecule has 3 rings (SSSR count). The lowest BCUT2D eigenvalue weighted by molar-refractivity contribution is 0.415. The minimum absolute atomic E-state index is 0.281. The minimum atomic E-state index is 0.281. The molecule has 1 aliphatic rings. The molecule has 1 saturated carbocycles. The Morgan fingerprint density at radius 3 is 2.89 bits per heavy atom. The predicted octanol–water partition coefficient (Wildman–Crippen LogP) is 3.05. The molecule has 1 N–H and O–H groups in total. The molecule has 0 radical (unpaired) electrons. The number of methoxy groups -OCH3 is 1. The summed E-state index contributed by atoms with van der Waals surface area (Å²) in [6.07, 6.45) is 2.53. The fourth-order valence-corrected chi connectivity index (χ4v) is 2.64. The van der Waals surface area contributed by atoms with E-state index in [1.54, 1.807) is 7.11 Å². The topological polar surface area (TPSA) is 39.1 Å². The smallest absolute Gasteiger partial charge is 0.127 e. The Morgan fingerprint density at radius 1 is 1.47 bits per heavy atom. The van der Waals surface area contributed by atoms with Crippen molar-refractivity contribution in [1.82, 2.24) is 14.9 Å². The van der Waals surface area contributed by atoms with Crippen LogP contribution in [0.2, 0.25) is 0 Å². The SMILES string of the molecule is CCNC(C)c1nc2cc(OC)ccc2n1C1CC1. The zero-order valence-corrected chi connectivity index (χ0v) is 11.8. The van der Waals surface area contributed by atoms with Gasteiger partial charge in [0.1, 0.15) is 11.6 Å². The summed E-state index contributed by atoms with van der Waals surface area (Å²) in [4.78, 5) is 4.82. The number of imidazole rings is 1. The van der Waals surface area contributed by atoms with Gasteiger partial charge >= 0.3 is 0 Å². The molecule has 1 aromatic carbocycles. The Kier molecular flexibility index (Phi) is 3.19.